The fraction of sp³-hybridized carbons (Fsp3) is 0.167. The summed E-state index contributed by atoms with van der Waals surface area (Å²) in [6, 6.07) is 15.2. The Balaban J connectivity index is 0.00000133. The fourth-order valence-corrected chi connectivity index (χ4v) is 4.15. The summed E-state index contributed by atoms with van der Waals surface area (Å²) in [6.45, 7) is 3.20. The number of thiazole rings is 1. The quantitative estimate of drug-likeness (QED) is 0.280. The van der Waals surface area contributed by atoms with E-state index in [1.807, 2.05) is 26.0 Å². The third-order valence-electron chi connectivity index (χ3n) is 4.75. The van der Waals surface area contributed by atoms with Gasteiger partial charge in [-0.25, -0.2) is 18.7 Å². The van der Waals surface area contributed by atoms with E-state index in [0.717, 1.165) is 10.2 Å². The second kappa shape index (κ2) is 10.2. The van der Waals surface area contributed by atoms with Crippen molar-refractivity contribution < 1.29 is 13.5 Å². The van der Waals surface area contributed by atoms with Crippen molar-refractivity contribution in [3.05, 3.63) is 75.5 Å². The Hall–Kier alpha value is -3.43. The first kappa shape index (κ1) is 23.7. The second-order valence-corrected chi connectivity index (χ2v) is 8.15. The van der Waals surface area contributed by atoms with Gasteiger partial charge in [0.2, 0.25) is 5.88 Å². The van der Waals surface area contributed by atoms with Crippen LogP contribution in [0.3, 0.4) is 0 Å². The minimum absolute atomic E-state index is 0.0157. The predicted molar refractivity (Wildman–Crippen MR) is 132 cm³/mol. The molecular formula is C24H19ClF2N4O2S. The average molecular weight is 501 g/mol. The Labute approximate surface area is 202 Å². The number of benzene rings is 2. The first-order valence-electron chi connectivity index (χ1n) is 10.4. The first-order valence-corrected chi connectivity index (χ1v) is 11.7. The standard InChI is InChI=1S/C22H13ClF2N4O2S.C2H6/c23-13-3-1-12(2-4-13)20-21-16(7-8-19(27-21)31-10-18(24)25)28-29(22(20)30)14-5-6-15-17(9-14)32-11-26-15;1-2/h1-9,11,18H,10H2;1-2H3. The van der Waals surface area contributed by atoms with Crippen molar-refractivity contribution in [1.82, 2.24) is 19.7 Å². The van der Waals surface area contributed by atoms with Crippen molar-refractivity contribution in [2.45, 2.75) is 20.3 Å². The van der Waals surface area contributed by atoms with Gasteiger partial charge in [0.15, 0.2) is 6.61 Å². The first-order chi connectivity index (χ1) is 16.5. The zero-order chi connectivity index (χ0) is 24.2. The molecule has 0 aliphatic rings. The van der Waals surface area contributed by atoms with E-state index in [9.17, 15) is 13.6 Å². The summed E-state index contributed by atoms with van der Waals surface area (Å²) in [5.41, 5.74) is 4.20. The average Bonchev–Trinajstić information content (AvgIpc) is 3.32. The van der Waals surface area contributed by atoms with Crippen molar-refractivity contribution in [1.29, 1.82) is 0 Å². The van der Waals surface area contributed by atoms with Crippen LogP contribution in [0.2, 0.25) is 5.02 Å². The molecule has 3 heterocycles. The van der Waals surface area contributed by atoms with Gasteiger partial charge in [0.1, 0.15) is 11.0 Å². The number of hydrogen-bond acceptors (Lipinski definition) is 6. The van der Waals surface area contributed by atoms with Crippen LogP contribution in [0.25, 0.3) is 38.1 Å². The maximum atomic E-state index is 13.6. The zero-order valence-electron chi connectivity index (χ0n) is 18.2. The Morgan fingerprint density at radius 2 is 1.79 bits per heavy atom. The number of pyridine rings is 1. The van der Waals surface area contributed by atoms with E-state index in [2.05, 4.69) is 15.1 Å². The van der Waals surface area contributed by atoms with E-state index >= 15 is 0 Å². The van der Waals surface area contributed by atoms with Crippen molar-refractivity contribution >= 4 is 44.2 Å². The number of halogens is 3. The molecule has 0 spiro atoms. The minimum Gasteiger partial charge on any atom is -0.472 e. The van der Waals surface area contributed by atoms with Gasteiger partial charge in [0.05, 0.1) is 27.0 Å². The highest BCUT2D eigenvalue weighted by molar-refractivity contribution is 7.16. The molecule has 6 nitrogen and oxygen atoms in total. The summed E-state index contributed by atoms with van der Waals surface area (Å²) >= 11 is 7.48. The Morgan fingerprint density at radius 3 is 2.53 bits per heavy atom. The lowest BCUT2D eigenvalue weighted by Crippen LogP contribution is -2.23. The van der Waals surface area contributed by atoms with Gasteiger partial charge in [-0.2, -0.15) is 9.78 Å². The number of aromatic nitrogens is 4. The number of rotatable bonds is 5. The van der Waals surface area contributed by atoms with E-state index in [4.69, 9.17) is 16.3 Å². The highest BCUT2D eigenvalue weighted by Gasteiger charge is 2.18. The summed E-state index contributed by atoms with van der Waals surface area (Å²) in [5, 5.41) is 4.98. The van der Waals surface area contributed by atoms with Crippen LogP contribution < -0.4 is 10.3 Å². The molecule has 0 unspecified atom stereocenters. The molecule has 5 rings (SSSR count). The molecule has 3 aromatic heterocycles. The highest BCUT2D eigenvalue weighted by atomic mass is 35.5. The van der Waals surface area contributed by atoms with Crippen LogP contribution in [0.4, 0.5) is 8.78 Å². The molecule has 0 aliphatic heterocycles. The van der Waals surface area contributed by atoms with Crippen LogP contribution in [0.5, 0.6) is 5.88 Å². The van der Waals surface area contributed by atoms with Crippen LogP contribution in [0.15, 0.2) is 64.9 Å². The third kappa shape index (κ3) is 4.76. The lowest BCUT2D eigenvalue weighted by Gasteiger charge is -2.12. The molecule has 0 atom stereocenters. The summed E-state index contributed by atoms with van der Waals surface area (Å²) in [6.07, 6.45) is -2.64. The fourth-order valence-electron chi connectivity index (χ4n) is 3.31. The zero-order valence-corrected chi connectivity index (χ0v) is 19.8. The molecule has 0 amide bonds. The van der Waals surface area contributed by atoms with E-state index in [1.165, 1.54) is 22.1 Å². The lowest BCUT2D eigenvalue weighted by molar-refractivity contribution is 0.0798. The van der Waals surface area contributed by atoms with Crippen molar-refractivity contribution in [2.75, 3.05) is 6.61 Å². The van der Waals surface area contributed by atoms with Crippen LogP contribution in [0, 0.1) is 0 Å². The van der Waals surface area contributed by atoms with E-state index in [0.29, 0.717) is 21.8 Å². The lowest BCUT2D eigenvalue weighted by atomic mass is 10.1. The van der Waals surface area contributed by atoms with Gasteiger partial charge in [-0.15, -0.1) is 11.3 Å². The molecule has 0 fully saturated rings. The Morgan fingerprint density at radius 1 is 1.06 bits per heavy atom. The molecule has 2 aromatic carbocycles. The maximum absolute atomic E-state index is 13.6. The normalized spacial score (nSPS) is 11.0. The molecule has 10 heteroatoms. The van der Waals surface area contributed by atoms with E-state index in [1.54, 1.807) is 41.9 Å². The molecule has 174 valence electrons. The van der Waals surface area contributed by atoms with E-state index in [-0.39, 0.29) is 17.0 Å². The molecule has 0 bridgehead atoms. The van der Waals surface area contributed by atoms with Gasteiger partial charge in [-0.1, -0.05) is 37.6 Å². The van der Waals surface area contributed by atoms with Gasteiger partial charge < -0.3 is 4.74 Å². The number of nitrogens with zero attached hydrogens (tertiary/aromatic N) is 4. The minimum atomic E-state index is -2.64. The van der Waals surface area contributed by atoms with Gasteiger partial charge in [-0.05, 0) is 42.0 Å². The molecule has 0 saturated heterocycles. The predicted octanol–water partition coefficient (Wildman–Crippen LogP) is 6.38. The molecule has 0 N–H and O–H groups in total. The number of hydrogen-bond donors (Lipinski definition) is 0. The van der Waals surface area contributed by atoms with Crippen LogP contribution in [0.1, 0.15) is 13.8 Å². The largest absolute Gasteiger partial charge is 0.472 e. The Bertz CT molecular complexity index is 1500. The molecule has 0 saturated carbocycles. The summed E-state index contributed by atoms with van der Waals surface area (Å²) in [5.74, 6) is -0.0157. The van der Waals surface area contributed by atoms with Crippen molar-refractivity contribution in [2.24, 2.45) is 0 Å². The number of ether oxygens (including phenoxy) is 1. The van der Waals surface area contributed by atoms with Gasteiger partial charge in [0, 0.05) is 11.1 Å². The van der Waals surface area contributed by atoms with Crippen molar-refractivity contribution in [3.63, 3.8) is 0 Å². The van der Waals surface area contributed by atoms with Gasteiger partial charge >= 0.3 is 0 Å². The van der Waals surface area contributed by atoms with Crippen LogP contribution in [-0.2, 0) is 0 Å². The van der Waals surface area contributed by atoms with Gasteiger partial charge in [-0.3, -0.25) is 4.79 Å². The second-order valence-electron chi connectivity index (χ2n) is 6.82. The van der Waals surface area contributed by atoms with Crippen LogP contribution >= 0.6 is 22.9 Å². The molecule has 34 heavy (non-hydrogen) atoms. The third-order valence-corrected chi connectivity index (χ3v) is 5.79. The SMILES string of the molecule is CC.O=c1c(-c2ccc(Cl)cc2)c2nc(OCC(F)F)ccc2nn1-c1ccc2ncsc2c1. The number of fused-ring (bicyclic) bond motifs is 2. The van der Waals surface area contributed by atoms with Crippen molar-refractivity contribution in [3.8, 4) is 22.7 Å². The molecule has 5 aromatic rings. The Kier molecular flexibility index (Phi) is 7.14. The monoisotopic (exact) mass is 500 g/mol. The molecule has 0 radical (unpaired) electrons. The maximum Gasteiger partial charge on any atom is 0.281 e. The summed E-state index contributed by atoms with van der Waals surface area (Å²) in [4.78, 5) is 22.1. The number of alkyl halides is 2. The highest BCUT2D eigenvalue weighted by Crippen LogP contribution is 2.28. The summed E-state index contributed by atoms with van der Waals surface area (Å²) < 4.78 is 32.4. The summed E-state index contributed by atoms with van der Waals surface area (Å²) in [7, 11) is 0. The smallest absolute Gasteiger partial charge is 0.281 e. The van der Waals surface area contributed by atoms with Gasteiger partial charge in [0.25, 0.3) is 12.0 Å². The van der Waals surface area contributed by atoms with Crippen LogP contribution in [-0.4, -0.2) is 32.8 Å². The molecule has 0 aliphatic carbocycles. The topological polar surface area (TPSA) is 69.9 Å². The molecular weight excluding hydrogens is 482 g/mol. The van der Waals surface area contributed by atoms with E-state index < -0.39 is 18.6 Å².